The van der Waals surface area contributed by atoms with E-state index in [2.05, 4.69) is 24.1 Å². The Morgan fingerprint density at radius 2 is 1.89 bits per heavy atom. The highest BCUT2D eigenvalue weighted by Crippen LogP contribution is 2.32. The van der Waals surface area contributed by atoms with Gasteiger partial charge < -0.3 is 11.1 Å². The van der Waals surface area contributed by atoms with E-state index in [1.165, 1.54) is 0 Å². The summed E-state index contributed by atoms with van der Waals surface area (Å²) in [6, 6.07) is 0.950. The van der Waals surface area contributed by atoms with Crippen molar-refractivity contribution >= 4 is 11.4 Å². The highest BCUT2D eigenvalue weighted by atomic mass is 19.4. The zero-order valence-electron chi connectivity index (χ0n) is 11.6. The lowest BCUT2D eigenvalue weighted by Gasteiger charge is -2.30. The van der Waals surface area contributed by atoms with Gasteiger partial charge in [-0.1, -0.05) is 27.7 Å². The van der Waals surface area contributed by atoms with Gasteiger partial charge in [0.15, 0.2) is 0 Å². The topological polar surface area (TPSA) is 50.9 Å². The average molecular weight is 275 g/mol. The summed E-state index contributed by atoms with van der Waals surface area (Å²) in [5.74, 6) is 0.394. The zero-order chi connectivity index (χ0) is 14.8. The predicted octanol–water partition coefficient (Wildman–Crippen LogP) is 3.78. The highest BCUT2D eigenvalue weighted by molar-refractivity contribution is 5.65. The van der Waals surface area contributed by atoms with Crippen LogP contribution in [-0.2, 0) is 6.18 Å². The summed E-state index contributed by atoms with van der Waals surface area (Å²) >= 11 is 0. The number of hydrogen-bond donors (Lipinski definition) is 2. The molecule has 3 N–H and O–H groups in total. The number of nitrogens with one attached hydrogen (secondary N) is 1. The Bertz CT molecular complexity index is 439. The Morgan fingerprint density at radius 3 is 2.37 bits per heavy atom. The number of nitrogen functional groups attached to an aromatic ring is 1. The molecule has 0 amide bonds. The first-order chi connectivity index (χ1) is 8.54. The Kier molecular flexibility index (Phi) is 4.32. The van der Waals surface area contributed by atoms with Gasteiger partial charge in [0.2, 0.25) is 0 Å². The van der Waals surface area contributed by atoms with Crippen LogP contribution in [0.3, 0.4) is 0 Å². The number of pyridine rings is 1. The molecule has 1 aromatic rings. The van der Waals surface area contributed by atoms with Gasteiger partial charge in [-0.15, -0.1) is 0 Å². The lowest BCUT2D eigenvalue weighted by atomic mass is 9.81. The smallest absolute Gasteiger partial charge is 0.396 e. The van der Waals surface area contributed by atoms with Crippen LogP contribution in [-0.4, -0.2) is 11.5 Å². The monoisotopic (exact) mass is 275 g/mol. The molecule has 0 spiro atoms. The molecule has 0 radical (unpaired) electrons. The minimum atomic E-state index is -4.46. The maximum Gasteiger partial charge on any atom is 0.433 e. The molecule has 0 saturated carbocycles. The van der Waals surface area contributed by atoms with Crippen LogP contribution < -0.4 is 11.1 Å². The van der Waals surface area contributed by atoms with E-state index in [1.54, 1.807) is 0 Å². The Labute approximate surface area is 111 Å². The molecule has 0 aromatic carbocycles. The van der Waals surface area contributed by atoms with Crippen LogP contribution in [0.15, 0.2) is 12.3 Å². The fraction of sp³-hybridized carbons (Fsp3) is 0.615. The molecule has 108 valence electrons. The summed E-state index contributed by atoms with van der Waals surface area (Å²) in [6.45, 7) is 8.77. The molecule has 0 bridgehead atoms. The molecule has 6 heteroatoms. The van der Waals surface area contributed by atoms with Gasteiger partial charge in [-0.2, -0.15) is 13.2 Å². The van der Waals surface area contributed by atoms with E-state index in [1.807, 2.05) is 13.8 Å². The lowest BCUT2D eigenvalue weighted by Crippen LogP contribution is -2.28. The van der Waals surface area contributed by atoms with Crippen LogP contribution in [0.4, 0.5) is 24.5 Å². The van der Waals surface area contributed by atoms with Gasteiger partial charge in [-0.3, -0.25) is 0 Å². The maximum absolute atomic E-state index is 12.6. The number of hydrogen-bond acceptors (Lipinski definition) is 3. The maximum atomic E-state index is 12.6. The Balaban J connectivity index is 2.90. The number of aromatic nitrogens is 1. The van der Waals surface area contributed by atoms with Gasteiger partial charge in [0.05, 0.1) is 17.6 Å². The molecule has 0 saturated heterocycles. The van der Waals surface area contributed by atoms with E-state index in [4.69, 9.17) is 5.73 Å². The van der Waals surface area contributed by atoms with Crippen LogP contribution in [0, 0.1) is 11.3 Å². The largest absolute Gasteiger partial charge is 0.433 e. The molecule has 0 unspecified atom stereocenters. The van der Waals surface area contributed by atoms with Crippen LogP contribution in [0.25, 0.3) is 0 Å². The molecule has 0 aliphatic carbocycles. The molecular formula is C13H20F3N3. The number of anilines is 2. The number of alkyl halides is 3. The van der Waals surface area contributed by atoms with Gasteiger partial charge in [0.1, 0.15) is 5.69 Å². The molecule has 0 fully saturated rings. The first-order valence-electron chi connectivity index (χ1n) is 6.10. The first-order valence-corrected chi connectivity index (χ1v) is 6.10. The number of halogens is 3. The third kappa shape index (κ3) is 4.01. The van der Waals surface area contributed by atoms with Crippen molar-refractivity contribution in [1.82, 2.24) is 4.98 Å². The van der Waals surface area contributed by atoms with E-state index in [0.717, 1.165) is 12.3 Å². The van der Waals surface area contributed by atoms with Crippen molar-refractivity contribution in [2.75, 3.05) is 17.6 Å². The van der Waals surface area contributed by atoms with Crippen LogP contribution in [0.5, 0.6) is 0 Å². The molecule has 0 aliphatic rings. The minimum absolute atomic E-state index is 0.0475. The van der Waals surface area contributed by atoms with Crippen molar-refractivity contribution in [1.29, 1.82) is 0 Å². The lowest BCUT2D eigenvalue weighted by molar-refractivity contribution is -0.141. The number of nitrogens with zero attached hydrogens (tertiary/aromatic N) is 1. The van der Waals surface area contributed by atoms with E-state index < -0.39 is 11.9 Å². The van der Waals surface area contributed by atoms with E-state index in [-0.39, 0.29) is 16.8 Å². The zero-order valence-corrected chi connectivity index (χ0v) is 11.6. The van der Waals surface area contributed by atoms with Crippen molar-refractivity contribution in [2.45, 2.75) is 33.9 Å². The van der Waals surface area contributed by atoms with E-state index in [9.17, 15) is 13.2 Å². The number of rotatable bonds is 4. The molecular weight excluding hydrogens is 255 g/mol. The summed E-state index contributed by atoms with van der Waals surface area (Å²) in [4.78, 5) is 3.30. The second-order valence-electron chi connectivity index (χ2n) is 5.65. The summed E-state index contributed by atoms with van der Waals surface area (Å²) < 4.78 is 37.7. The highest BCUT2D eigenvalue weighted by Gasteiger charge is 2.33. The molecule has 1 heterocycles. The fourth-order valence-electron chi connectivity index (χ4n) is 1.30. The molecule has 1 aromatic heterocycles. The molecule has 3 nitrogen and oxygen atoms in total. The molecule has 0 aliphatic heterocycles. The molecule has 0 atom stereocenters. The Morgan fingerprint density at radius 1 is 1.32 bits per heavy atom. The van der Waals surface area contributed by atoms with Crippen molar-refractivity contribution in [3.63, 3.8) is 0 Å². The summed E-state index contributed by atoms with van der Waals surface area (Å²) in [6.07, 6.45) is -3.43. The van der Waals surface area contributed by atoms with Crippen molar-refractivity contribution in [3.05, 3.63) is 18.0 Å². The summed E-state index contributed by atoms with van der Waals surface area (Å²) in [5.41, 5.74) is 5.15. The normalized spacial score (nSPS) is 12.8. The van der Waals surface area contributed by atoms with Crippen LogP contribution >= 0.6 is 0 Å². The second-order valence-corrected chi connectivity index (χ2v) is 5.65. The first kappa shape index (κ1) is 15.6. The third-order valence-corrected chi connectivity index (χ3v) is 3.52. The SMILES string of the molecule is CC(C)C(C)(C)CNc1cc(C(F)(F)F)ncc1N. The minimum Gasteiger partial charge on any atom is -0.396 e. The van der Waals surface area contributed by atoms with Gasteiger partial charge in [-0.25, -0.2) is 4.98 Å². The predicted molar refractivity (Wildman–Crippen MR) is 70.8 cm³/mol. The van der Waals surface area contributed by atoms with Gasteiger partial charge in [0, 0.05) is 6.54 Å². The standard InChI is InChI=1S/C13H20F3N3/c1-8(2)12(3,4)7-19-10-5-11(13(14,15)16)18-6-9(10)17/h5-6,8H,7,17H2,1-4H3,(H,18,19). The fourth-order valence-corrected chi connectivity index (χ4v) is 1.30. The molecule has 19 heavy (non-hydrogen) atoms. The quantitative estimate of drug-likeness (QED) is 0.879. The van der Waals surface area contributed by atoms with Crippen LogP contribution in [0.1, 0.15) is 33.4 Å². The average Bonchev–Trinajstić information content (AvgIpc) is 2.26. The van der Waals surface area contributed by atoms with Crippen LogP contribution in [0.2, 0.25) is 0 Å². The van der Waals surface area contributed by atoms with E-state index >= 15 is 0 Å². The summed E-state index contributed by atoms with van der Waals surface area (Å²) in [7, 11) is 0. The van der Waals surface area contributed by atoms with Gasteiger partial charge >= 0.3 is 6.18 Å². The summed E-state index contributed by atoms with van der Waals surface area (Å²) in [5, 5.41) is 2.98. The van der Waals surface area contributed by atoms with Crippen molar-refractivity contribution < 1.29 is 13.2 Å². The van der Waals surface area contributed by atoms with Crippen molar-refractivity contribution in [2.24, 2.45) is 11.3 Å². The Hall–Kier alpha value is -1.46. The van der Waals surface area contributed by atoms with Crippen molar-refractivity contribution in [3.8, 4) is 0 Å². The third-order valence-electron chi connectivity index (χ3n) is 3.52. The van der Waals surface area contributed by atoms with E-state index in [0.29, 0.717) is 12.5 Å². The van der Waals surface area contributed by atoms with Gasteiger partial charge in [-0.05, 0) is 17.4 Å². The second kappa shape index (κ2) is 5.27. The molecule has 1 rings (SSSR count). The number of nitrogens with two attached hydrogens (primary N) is 1. The van der Waals surface area contributed by atoms with Gasteiger partial charge in [0.25, 0.3) is 0 Å².